The molecule has 0 bridgehead atoms. The Kier molecular flexibility index (Phi) is 36.8. The predicted octanol–water partition coefficient (Wildman–Crippen LogP) is 29.2. The van der Waals surface area contributed by atoms with Crippen molar-refractivity contribution >= 4 is 102 Å². The molecular weight excluding hydrogens is 1590 g/mol. The number of ketones is 1. The molecule has 2 atom stereocenters. The molecule has 5 saturated carbocycles. The van der Waals surface area contributed by atoms with Crippen molar-refractivity contribution in [2.75, 3.05) is 58.9 Å². The summed E-state index contributed by atoms with van der Waals surface area (Å²) in [5.74, 6) is 19.9. The van der Waals surface area contributed by atoms with Crippen LogP contribution in [-0.4, -0.2) is 97.5 Å². The lowest BCUT2D eigenvalue weighted by Crippen LogP contribution is -2.31. The van der Waals surface area contributed by atoms with Crippen molar-refractivity contribution in [1.29, 1.82) is 0 Å². The maximum atomic E-state index is 12.5. The van der Waals surface area contributed by atoms with E-state index in [0.717, 1.165) is 107 Å². The van der Waals surface area contributed by atoms with Crippen molar-refractivity contribution < 1.29 is 36.9 Å². The van der Waals surface area contributed by atoms with Crippen molar-refractivity contribution in [3.8, 4) is 28.7 Å². The van der Waals surface area contributed by atoms with Crippen LogP contribution in [0.2, 0.25) is 0 Å². The number of fused-ring (bicyclic) bond motifs is 4. The standard InChI is InChI=1S/C34H51O2S.C25H35OS.C23H29O2S.C22H29O3S2.4CH3/c1-33(2,3)24-13-17-26(18-14-24)35-30-23-31(36-27-19-15-25(16-20-27)34(4,5)6)32(37-21-9-10-22-37)29-12-8-7-11-28(29)30;1-18-15-24(26-14-13-21-9-5-4-6-10-21)22-11-7-8-12-23(22)25(18)27-16-19(2)20(3)17-27;1-17(24)18-10-12-21-19(16-18)11-13-22(23(21)26-14-6-7-15-26)25-20-8-4-2-3-5-9-20;1-27(23,24)21-12-8-11-18-19(25-17-9-4-2-5-10-17)13-14-20(22(18)21)26-15-6-3-7-16-26;;;;/h7-8,11-12,23-27H,9-10,13-22H2,1-6H3;7-8,11-12,15,19-21H,4-6,9-10,13-14,16-17H2,1-3H3;10-13,16,20H,2-9,14-15H2,1H3;8,11-14,17H,2-7,9-10,15-16H2,1H3;4*1H3/q4*+1;4*-1. The fourth-order valence-corrected chi connectivity index (χ4v) is 32.8. The lowest BCUT2D eigenvalue weighted by Gasteiger charge is -2.37. The molecule has 4 saturated heterocycles. The predicted molar refractivity (Wildman–Crippen MR) is 529 cm³/mol. The average Bonchev–Trinajstić information content (AvgIpc) is 1.30. The van der Waals surface area contributed by atoms with E-state index in [0.29, 0.717) is 44.9 Å². The Labute approximate surface area is 747 Å². The molecule has 17 rings (SSSR count). The maximum Gasteiger partial charge on any atom is 0.204 e. The molecule has 4 aliphatic heterocycles. The van der Waals surface area contributed by atoms with Crippen molar-refractivity contribution in [2.45, 2.75) is 324 Å². The number of carbonyl (C=O) groups excluding carboxylic acids is 1. The summed E-state index contributed by atoms with van der Waals surface area (Å²) in [7, 11) is -2.19. The molecule has 666 valence electrons. The number of hydrogen-bond donors (Lipinski definition) is 0. The van der Waals surface area contributed by atoms with Crippen LogP contribution in [-0.2, 0) is 53.4 Å². The highest BCUT2D eigenvalue weighted by molar-refractivity contribution is 7.98. The number of hydrogen-bond acceptors (Lipinski definition) is 8. The van der Waals surface area contributed by atoms with Crippen LogP contribution in [0.25, 0.3) is 43.1 Å². The van der Waals surface area contributed by atoms with Gasteiger partial charge in [0, 0.05) is 111 Å². The van der Waals surface area contributed by atoms with Gasteiger partial charge in [0.25, 0.3) is 0 Å². The summed E-state index contributed by atoms with van der Waals surface area (Å²) in [6, 6.07) is 43.1. The van der Waals surface area contributed by atoms with Gasteiger partial charge in [-0.05, 0) is 257 Å². The Morgan fingerprint density at radius 2 is 0.826 bits per heavy atom. The van der Waals surface area contributed by atoms with Gasteiger partial charge >= 0.3 is 0 Å². The quantitative estimate of drug-likeness (QED) is 0.0363. The van der Waals surface area contributed by atoms with Crippen LogP contribution in [0.1, 0.15) is 284 Å². The van der Waals surface area contributed by atoms with Crippen molar-refractivity contribution in [3.63, 3.8) is 0 Å². The first-order chi connectivity index (χ1) is 56.5. The largest absolute Gasteiger partial charge is 0.493 e. The van der Waals surface area contributed by atoms with E-state index >= 15 is 0 Å². The van der Waals surface area contributed by atoms with Gasteiger partial charge in [0.15, 0.2) is 36.9 Å². The second kappa shape index (κ2) is 45.5. The van der Waals surface area contributed by atoms with Gasteiger partial charge in [-0.3, -0.25) is 4.79 Å². The maximum absolute atomic E-state index is 12.5. The summed E-state index contributed by atoms with van der Waals surface area (Å²) < 4.78 is 58.3. The molecule has 8 aromatic rings. The second-order valence-corrected chi connectivity index (χ2v) is 49.5. The van der Waals surface area contributed by atoms with E-state index in [1.165, 1.54) is 285 Å². The van der Waals surface area contributed by atoms with Crippen LogP contribution in [0.4, 0.5) is 0 Å². The third kappa shape index (κ3) is 25.2. The molecule has 8 nitrogen and oxygen atoms in total. The zero-order valence-corrected chi connectivity index (χ0v) is 81.6. The minimum Gasteiger partial charge on any atom is -0.493 e. The van der Waals surface area contributed by atoms with Gasteiger partial charge in [0.05, 0.1) is 41.3 Å². The molecule has 0 N–H and O–H groups in total. The van der Waals surface area contributed by atoms with Crippen LogP contribution < -0.4 is 23.7 Å². The Bertz CT molecular complexity index is 4680. The molecule has 9 fully saturated rings. The first-order valence-corrected chi connectivity index (χ1v) is 54.5. The first kappa shape index (κ1) is 98.0. The molecule has 0 radical (unpaired) electrons. The number of ether oxygens (including phenoxy) is 5. The van der Waals surface area contributed by atoms with Crippen LogP contribution in [0, 0.1) is 77.0 Å². The summed E-state index contributed by atoms with van der Waals surface area (Å²) in [5.41, 5.74) is 3.04. The van der Waals surface area contributed by atoms with E-state index in [4.69, 9.17) is 23.7 Å². The first-order valence-electron chi connectivity index (χ1n) is 46.4. The number of carbonyl (C=O) groups is 1. The third-order valence-corrected chi connectivity index (χ3v) is 39.7. The highest BCUT2D eigenvalue weighted by Gasteiger charge is 2.42. The summed E-state index contributed by atoms with van der Waals surface area (Å²) in [6.07, 6.45) is 43.4. The van der Waals surface area contributed by atoms with E-state index in [2.05, 4.69) is 159 Å². The van der Waals surface area contributed by atoms with Crippen molar-refractivity contribution in [3.05, 3.63) is 162 Å². The minimum atomic E-state index is -3.29. The Morgan fingerprint density at radius 3 is 1.36 bits per heavy atom. The molecule has 0 amide bonds. The smallest absolute Gasteiger partial charge is 0.204 e. The number of sulfone groups is 1. The molecule has 8 aromatic carbocycles. The van der Waals surface area contributed by atoms with Crippen LogP contribution in [0.15, 0.2) is 146 Å². The van der Waals surface area contributed by atoms with Gasteiger partial charge in [-0.2, -0.15) is 0 Å². The molecular formula is C108H156O8S5. The van der Waals surface area contributed by atoms with Crippen molar-refractivity contribution in [1.82, 2.24) is 0 Å². The van der Waals surface area contributed by atoms with Gasteiger partial charge < -0.3 is 53.4 Å². The van der Waals surface area contributed by atoms with Gasteiger partial charge in [0.2, 0.25) is 9.79 Å². The molecule has 2 unspecified atom stereocenters. The summed E-state index contributed by atoms with van der Waals surface area (Å²) in [5, 5.41) is 9.80. The van der Waals surface area contributed by atoms with E-state index < -0.39 is 9.84 Å². The van der Waals surface area contributed by atoms with Gasteiger partial charge in [-0.15, -0.1) is 0 Å². The molecule has 4 heterocycles. The van der Waals surface area contributed by atoms with E-state index in [1.807, 2.05) is 18.2 Å². The number of benzene rings is 8. The lowest BCUT2D eigenvalue weighted by molar-refractivity contribution is 0.0830. The monoisotopic (exact) mass is 1740 g/mol. The average molecular weight is 1740 g/mol. The van der Waals surface area contributed by atoms with Crippen molar-refractivity contribution in [2.24, 2.45) is 40.4 Å². The van der Waals surface area contributed by atoms with Crippen LogP contribution in [0.5, 0.6) is 28.7 Å². The van der Waals surface area contributed by atoms with Gasteiger partial charge in [0.1, 0.15) is 63.3 Å². The normalized spacial score (nSPS) is 23.1. The number of aryl methyl sites for hydroxylation is 1. The summed E-state index contributed by atoms with van der Waals surface area (Å²) in [4.78, 5) is 18.0. The third-order valence-electron chi connectivity index (χ3n) is 28.0. The zero-order valence-electron chi connectivity index (χ0n) is 77.5. The fraction of sp³-hybridized carbons (Fsp3) is 0.583. The number of rotatable bonds is 18. The highest BCUT2D eigenvalue weighted by atomic mass is 32.2. The Hall–Kier alpha value is -5.18. The Morgan fingerprint density at radius 1 is 0.397 bits per heavy atom. The van der Waals surface area contributed by atoms with Crippen LogP contribution in [0.3, 0.4) is 0 Å². The second-order valence-electron chi connectivity index (χ2n) is 38.8. The van der Waals surface area contributed by atoms with E-state index in [9.17, 15) is 13.2 Å². The molecule has 9 aliphatic rings. The van der Waals surface area contributed by atoms with Crippen LogP contribution >= 0.6 is 0 Å². The summed E-state index contributed by atoms with van der Waals surface area (Å²) in [6.45, 7) is 24.1. The molecule has 13 heteroatoms. The zero-order chi connectivity index (χ0) is 81.8. The van der Waals surface area contributed by atoms with Gasteiger partial charge in [-0.25, -0.2) is 8.42 Å². The molecule has 121 heavy (non-hydrogen) atoms. The van der Waals surface area contributed by atoms with E-state index in [1.54, 1.807) is 17.9 Å². The highest BCUT2D eigenvalue weighted by Crippen LogP contribution is 2.49. The molecule has 0 spiro atoms. The van der Waals surface area contributed by atoms with Gasteiger partial charge in [-0.1, -0.05) is 167 Å². The lowest BCUT2D eigenvalue weighted by atomic mass is 9.72. The minimum absolute atomic E-state index is 0. The summed E-state index contributed by atoms with van der Waals surface area (Å²) >= 11 is 0. The topological polar surface area (TPSA) is 97.4 Å². The Balaban J connectivity index is 0.000000169. The number of Topliss-reactive ketones (excluding diaryl/α,β-unsaturated/α-hetero) is 1. The SMILES string of the molecule is CC(=O)c1ccc2c([S+]3CCCC3)c(OC3CCCCCC3)ccc2c1.CC(C)(C)C1CCC(Oc2cc(OC3CCC(C(C)(C)C)CC3)c3ccccc3c2[S+]2CCCC2)CC1.CS(=O)(=O)c1cccc2c(OC3CCCCC3)ccc([S+]3CCCCC3)c12.Cc1cc(OCCC2CCCCC2)c2ccccc2c1[S+]1CC(C)C(C)C1.[CH3-].[CH3-].[CH3-].[CH3-]. The molecule has 0 aromatic heterocycles. The van der Waals surface area contributed by atoms with E-state index in [-0.39, 0.29) is 74.3 Å². The fourth-order valence-electron chi connectivity index (χ4n) is 20.7. The molecule has 5 aliphatic carbocycles.